The highest BCUT2D eigenvalue weighted by Gasteiger charge is 2.14. The summed E-state index contributed by atoms with van der Waals surface area (Å²) >= 11 is 0. The normalized spacial score (nSPS) is 16.2. The molecule has 1 amide bonds. The maximum absolute atomic E-state index is 11.1. The fourth-order valence-corrected chi connectivity index (χ4v) is 2.97. The molecule has 1 fully saturated rings. The summed E-state index contributed by atoms with van der Waals surface area (Å²) in [5, 5.41) is 9.40. The average molecular weight is 518 g/mol. The number of nitrogens with zero attached hydrogens (tertiary/aromatic N) is 1. The molecular weight excluding hydrogens is 483 g/mol. The second kappa shape index (κ2) is 15.4. The third-order valence-electron chi connectivity index (χ3n) is 4.37. The van der Waals surface area contributed by atoms with Crippen LogP contribution in [-0.4, -0.2) is 57.4 Å². The van der Waals surface area contributed by atoms with Crippen LogP contribution < -0.4 is 16.0 Å². The zero-order valence-corrected chi connectivity index (χ0v) is 19.9. The van der Waals surface area contributed by atoms with Crippen molar-refractivity contribution < 1.29 is 14.3 Å². The molecule has 1 heterocycles. The number of rotatable bonds is 11. The topological polar surface area (TPSA) is 84.0 Å². The lowest BCUT2D eigenvalue weighted by molar-refractivity contribution is -0.114. The lowest BCUT2D eigenvalue weighted by atomic mass is 10.1. The van der Waals surface area contributed by atoms with E-state index in [2.05, 4.69) is 27.9 Å². The van der Waals surface area contributed by atoms with E-state index < -0.39 is 0 Å². The number of anilines is 1. The fraction of sp³-hybridized carbons (Fsp3) is 0.619. The van der Waals surface area contributed by atoms with Crippen molar-refractivity contribution in [1.29, 1.82) is 0 Å². The van der Waals surface area contributed by atoms with Crippen molar-refractivity contribution in [2.24, 2.45) is 4.99 Å². The molecule has 0 aromatic heterocycles. The van der Waals surface area contributed by atoms with Gasteiger partial charge in [0.25, 0.3) is 0 Å². The molecule has 1 saturated heterocycles. The highest BCUT2D eigenvalue weighted by molar-refractivity contribution is 14.0. The van der Waals surface area contributed by atoms with E-state index in [9.17, 15) is 4.79 Å². The van der Waals surface area contributed by atoms with Crippen molar-refractivity contribution in [2.45, 2.75) is 45.6 Å². The monoisotopic (exact) mass is 518 g/mol. The Kier molecular flexibility index (Phi) is 13.7. The third kappa shape index (κ3) is 11.4. The third-order valence-corrected chi connectivity index (χ3v) is 4.37. The van der Waals surface area contributed by atoms with Gasteiger partial charge in [0.05, 0.1) is 12.7 Å². The van der Waals surface area contributed by atoms with Gasteiger partial charge in [-0.3, -0.25) is 9.79 Å². The molecule has 1 unspecified atom stereocenters. The molecule has 7 nitrogen and oxygen atoms in total. The molecule has 0 aliphatic carbocycles. The van der Waals surface area contributed by atoms with Gasteiger partial charge >= 0.3 is 0 Å². The van der Waals surface area contributed by atoms with Gasteiger partial charge in [0.15, 0.2) is 5.96 Å². The standard InChI is InChI=1S/C21H34N4O3.HI/c1-3-22-21(23-12-5-14-27-16-20-6-4-15-28-20)24-13-11-18-7-9-19(10-8-18)25-17(2)26;/h7-10,20H,3-6,11-16H2,1-2H3,(H,25,26)(H2,22,23,24);1H. The number of guanidine groups is 1. The summed E-state index contributed by atoms with van der Waals surface area (Å²) in [5.41, 5.74) is 2.03. The van der Waals surface area contributed by atoms with Gasteiger partial charge in [0.2, 0.25) is 5.91 Å². The summed E-state index contributed by atoms with van der Waals surface area (Å²) in [6.45, 7) is 8.19. The second-order valence-corrected chi connectivity index (χ2v) is 6.88. The van der Waals surface area contributed by atoms with Gasteiger partial charge in [-0.1, -0.05) is 12.1 Å². The number of hydrogen-bond donors (Lipinski definition) is 3. The highest BCUT2D eigenvalue weighted by Crippen LogP contribution is 2.12. The largest absolute Gasteiger partial charge is 0.379 e. The fourth-order valence-electron chi connectivity index (χ4n) is 2.97. The number of aliphatic imine (C=N–C) groups is 1. The molecule has 1 aromatic carbocycles. The molecule has 0 saturated carbocycles. The average Bonchev–Trinajstić information content (AvgIpc) is 3.19. The molecule has 1 aliphatic heterocycles. The number of benzene rings is 1. The number of amides is 1. The zero-order chi connectivity index (χ0) is 20.0. The van der Waals surface area contributed by atoms with E-state index in [0.717, 1.165) is 63.6 Å². The van der Waals surface area contributed by atoms with Gasteiger partial charge in [0, 0.05) is 45.5 Å². The lowest BCUT2D eigenvalue weighted by Gasteiger charge is -2.12. The van der Waals surface area contributed by atoms with Crippen molar-refractivity contribution in [3.05, 3.63) is 29.8 Å². The number of nitrogens with one attached hydrogen (secondary N) is 3. The summed E-state index contributed by atoms with van der Waals surface area (Å²) in [7, 11) is 0. The Bertz CT molecular complexity index is 604. The van der Waals surface area contributed by atoms with Crippen LogP contribution in [-0.2, 0) is 20.7 Å². The molecule has 29 heavy (non-hydrogen) atoms. The van der Waals surface area contributed by atoms with Crippen LogP contribution in [0.3, 0.4) is 0 Å². The summed E-state index contributed by atoms with van der Waals surface area (Å²) in [5.74, 6) is 0.773. The molecule has 0 radical (unpaired) electrons. The molecular formula is C21H35IN4O3. The van der Waals surface area contributed by atoms with Gasteiger partial charge in [-0.05, 0) is 50.3 Å². The SMILES string of the molecule is CCNC(=NCCCOCC1CCCO1)NCCc1ccc(NC(C)=O)cc1.I. The first-order valence-electron chi connectivity index (χ1n) is 10.3. The number of carbonyl (C=O) groups is 1. The first kappa shape index (κ1) is 25.6. The quantitative estimate of drug-likeness (QED) is 0.182. The van der Waals surface area contributed by atoms with Gasteiger partial charge < -0.3 is 25.4 Å². The van der Waals surface area contributed by atoms with E-state index in [-0.39, 0.29) is 36.0 Å². The molecule has 3 N–H and O–H groups in total. The second-order valence-electron chi connectivity index (χ2n) is 6.88. The van der Waals surface area contributed by atoms with E-state index >= 15 is 0 Å². The minimum atomic E-state index is -0.0572. The maximum atomic E-state index is 11.1. The zero-order valence-electron chi connectivity index (χ0n) is 17.5. The number of halogens is 1. The van der Waals surface area contributed by atoms with Crippen LogP contribution >= 0.6 is 24.0 Å². The summed E-state index contributed by atoms with van der Waals surface area (Å²) in [6.07, 6.45) is 4.33. The Morgan fingerprint density at radius 3 is 2.72 bits per heavy atom. The van der Waals surface area contributed by atoms with E-state index in [1.54, 1.807) is 0 Å². The first-order valence-corrected chi connectivity index (χ1v) is 10.3. The minimum absolute atomic E-state index is 0. The summed E-state index contributed by atoms with van der Waals surface area (Å²) < 4.78 is 11.2. The van der Waals surface area contributed by atoms with Crippen LogP contribution in [0.4, 0.5) is 5.69 Å². The molecule has 1 aliphatic rings. The Labute approximate surface area is 191 Å². The molecule has 1 aromatic rings. The molecule has 1 atom stereocenters. The molecule has 0 bridgehead atoms. The van der Waals surface area contributed by atoms with Crippen molar-refractivity contribution >= 4 is 41.5 Å². The van der Waals surface area contributed by atoms with Crippen LogP contribution in [0, 0.1) is 0 Å². The van der Waals surface area contributed by atoms with Crippen LogP contribution in [0.5, 0.6) is 0 Å². The maximum Gasteiger partial charge on any atom is 0.221 e. The first-order chi connectivity index (χ1) is 13.7. The number of carbonyl (C=O) groups excluding carboxylic acids is 1. The van der Waals surface area contributed by atoms with Gasteiger partial charge in [0.1, 0.15) is 0 Å². The molecule has 8 heteroatoms. The lowest BCUT2D eigenvalue weighted by Crippen LogP contribution is -2.38. The van der Waals surface area contributed by atoms with Gasteiger partial charge in [-0.15, -0.1) is 24.0 Å². The van der Waals surface area contributed by atoms with E-state index in [1.165, 1.54) is 12.5 Å². The Hall–Kier alpha value is -1.39. The highest BCUT2D eigenvalue weighted by atomic mass is 127. The molecule has 0 spiro atoms. The van der Waals surface area contributed by atoms with Crippen LogP contribution in [0.2, 0.25) is 0 Å². The van der Waals surface area contributed by atoms with Crippen LogP contribution in [0.15, 0.2) is 29.3 Å². The number of ether oxygens (including phenoxy) is 2. The van der Waals surface area contributed by atoms with Crippen molar-refractivity contribution in [3.63, 3.8) is 0 Å². The predicted molar refractivity (Wildman–Crippen MR) is 128 cm³/mol. The van der Waals surface area contributed by atoms with Crippen LogP contribution in [0.25, 0.3) is 0 Å². The summed E-state index contributed by atoms with van der Waals surface area (Å²) in [4.78, 5) is 15.7. The van der Waals surface area contributed by atoms with E-state index in [1.807, 2.05) is 24.3 Å². The number of hydrogen-bond acceptors (Lipinski definition) is 4. The minimum Gasteiger partial charge on any atom is -0.379 e. The van der Waals surface area contributed by atoms with Gasteiger partial charge in [-0.2, -0.15) is 0 Å². The van der Waals surface area contributed by atoms with E-state index in [0.29, 0.717) is 13.2 Å². The van der Waals surface area contributed by atoms with Crippen LogP contribution in [0.1, 0.15) is 38.7 Å². The smallest absolute Gasteiger partial charge is 0.221 e. The van der Waals surface area contributed by atoms with Crippen molar-refractivity contribution in [1.82, 2.24) is 10.6 Å². The molecule has 164 valence electrons. The van der Waals surface area contributed by atoms with Crippen molar-refractivity contribution in [3.8, 4) is 0 Å². The Balaban J connectivity index is 0.00000420. The van der Waals surface area contributed by atoms with E-state index in [4.69, 9.17) is 9.47 Å². The Morgan fingerprint density at radius 2 is 2.07 bits per heavy atom. The predicted octanol–water partition coefficient (Wildman–Crippen LogP) is 2.95. The Morgan fingerprint density at radius 1 is 1.28 bits per heavy atom. The van der Waals surface area contributed by atoms with Gasteiger partial charge in [-0.25, -0.2) is 0 Å². The molecule has 2 rings (SSSR count). The summed E-state index contributed by atoms with van der Waals surface area (Å²) in [6, 6.07) is 7.91. The van der Waals surface area contributed by atoms with Crippen molar-refractivity contribution in [2.75, 3.05) is 44.8 Å².